The molecule has 2 N–H and O–H groups in total. The van der Waals surface area contributed by atoms with Gasteiger partial charge in [-0.05, 0) is 37.2 Å². The summed E-state index contributed by atoms with van der Waals surface area (Å²) >= 11 is 0. The summed E-state index contributed by atoms with van der Waals surface area (Å²) in [5, 5.41) is 0. The van der Waals surface area contributed by atoms with E-state index in [1.54, 1.807) is 6.07 Å². The lowest BCUT2D eigenvalue weighted by atomic mass is 10.0. The van der Waals surface area contributed by atoms with Crippen molar-refractivity contribution in [2.45, 2.75) is 32.5 Å². The monoisotopic (exact) mass is 274 g/mol. The van der Waals surface area contributed by atoms with Crippen LogP contribution in [0.25, 0.3) is 0 Å². The van der Waals surface area contributed by atoms with Crippen molar-refractivity contribution < 1.29 is 13.2 Å². The van der Waals surface area contributed by atoms with Gasteiger partial charge in [-0.2, -0.15) is 13.2 Å². The molecule has 0 aliphatic carbocycles. The molecule has 1 aromatic carbocycles. The fraction of sp³-hybridized carbons (Fsp3) is 0.571. The van der Waals surface area contributed by atoms with E-state index < -0.39 is 17.8 Å². The zero-order chi connectivity index (χ0) is 14.5. The Hall–Kier alpha value is -1.07. The number of likely N-dealkylation sites (N-methyl/N-ethyl adjacent to an activating group) is 1. The molecule has 1 aromatic rings. The average molecular weight is 274 g/mol. The van der Waals surface area contributed by atoms with Crippen molar-refractivity contribution in [2.75, 3.05) is 19.6 Å². The van der Waals surface area contributed by atoms with Gasteiger partial charge in [0.15, 0.2) is 0 Å². The van der Waals surface area contributed by atoms with Gasteiger partial charge in [0, 0.05) is 12.6 Å². The summed E-state index contributed by atoms with van der Waals surface area (Å²) in [7, 11) is 0. The van der Waals surface area contributed by atoms with Gasteiger partial charge in [0.1, 0.15) is 0 Å². The molecule has 5 heteroatoms. The largest absolute Gasteiger partial charge is 0.416 e. The summed E-state index contributed by atoms with van der Waals surface area (Å²) in [5.41, 5.74) is 5.90. The first-order valence-corrected chi connectivity index (χ1v) is 6.53. The summed E-state index contributed by atoms with van der Waals surface area (Å²) in [6, 6.07) is 4.88. The smallest absolute Gasteiger partial charge is 0.323 e. The molecule has 1 unspecified atom stereocenters. The first-order chi connectivity index (χ1) is 8.88. The summed E-state index contributed by atoms with van der Waals surface area (Å²) in [5.74, 6) is 0. The maximum absolute atomic E-state index is 12.6. The van der Waals surface area contributed by atoms with E-state index in [2.05, 4.69) is 11.8 Å². The number of alkyl halides is 3. The molecule has 0 spiro atoms. The highest BCUT2D eigenvalue weighted by Crippen LogP contribution is 2.30. The minimum Gasteiger partial charge on any atom is -0.323 e. The Labute approximate surface area is 112 Å². The van der Waals surface area contributed by atoms with E-state index in [9.17, 15) is 13.2 Å². The molecule has 108 valence electrons. The van der Waals surface area contributed by atoms with Crippen LogP contribution in [0.15, 0.2) is 24.3 Å². The Morgan fingerprint density at radius 3 is 2.47 bits per heavy atom. The predicted molar refractivity (Wildman–Crippen MR) is 70.8 cm³/mol. The Morgan fingerprint density at radius 1 is 1.26 bits per heavy atom. The summed E-state index contributed by atoms with van der Waals surface area (Å²) in [6.07, 6.45) is -3.31. The number of halogens is 3. The predicted octanol–water partition coefficient (Wildman–Crippen LogP) is 3.44. The molecule has 0 amide bonds. The molecule has 0 bridgehead atoms. The van der Waals surface area contributed by atoms with Gasteiger partial charge >= 0.3 is 6.18 Å². The van der Waals surface area contributed by atoms with E-state index in [1.807, 2.05) is 6.92 Å². The Bertz CT molecular complexity index is 391. The van der Waals surface area contributed by atoms with Crippen molar-refractivity contribution in [3.63, 3.8) is 0 Å². The molecule has 0 aliphatic rings. The number of nitrogens with zero attached hydrogens (tertiary/aromatic N) is 1. The van der Waals surface area contributed by atoms with Crippen molar-refractivity contribution in [1.29, 1.82) is 0 Å². The van der Waals surface area contributed by atoms with Crippen LogP contribution in [0.5, 0.6) is 0 Å². The maximum Gasteiger partial charge on any atom is 0.416 e. The van der Waals surface area contributed by atoms with Crippen molar-refractivity contribution in [3.05, 3.63) is 35.4 Å². The zero-order valence-corrected chi connectivity index (χ0v) is 11.4. The van der Waals surface area contributed by atoms with Crippen LogP contribution >= 0.6 is 0 Å². The fourth-order valence-electron chi connectivity index (χ4n) is 2.02. The SMILES string of the molecule is CCCN(CC)CC(N)c1cccc(C(F)(F)F)c1. The number of benzene rings is 1. The van der Waals surface area contributed by atoms with Gasteiger partial charge in [0.05, 0.1) is 5.56 Å². The second-order valence-corrected chi connectivity index (χ2v) is 4.62. The molecular weight excluding hydrogens is 253 g/mol. The van der Waals surface area contributed by atoms with Crippen molar-refractivity contribution >= 4 is 0 Å². The first kappa shape index (κ1) is 16.0. The quantitative estimate of drug-likeness (QED) is 0.861. The fourth-order valence-corrected chi connectivity index (χ4v) is 2.02. The molecule has 0 fully saturated rings. The lowest BCUT2D eigenvalue weighted by molar-refractivity contribution is -0.137. The van der Waals surface area contributed by atoms with Crippen LogP contribution in [0, 0.1) is 0 Å². The third-order valence-electron chi connectivity index (χ3n) is 3.08. The molecule has 0 saturated carbocycles. The molecule has 0 aliphatic heterocycles. The van der Waals surface area contributed by atoms with Crippen LogP contribution in [0.3, 0.4) is 0 Å². The van der Waals surface area contributed by atoms with Crippen LogP contribution in [0.4, 0.5) is 13.2 Å². The molecule has 19 heavy (non-hydrogen) atoms. The minimum atomic E-state index is -4.32. The van der Waals surface area contributed by atoms with Gasteiger partial charge in [0.25, 0.3) is 0 Å². The van der Waals surface area contributed by atoms with Crippen LogP contribution in [0.1, 0.15) is 37.4 Å². The molecule has 1 atom stereocenters. The number of rotatable bonds is 6. The van der Waals surface area contributed by atoms with Crippen molar-refractivity contribution in [3.8, 4) is 0 Å². The number of hydrogen-bond donors (Lipinski definition) is 1. The second-order valence-electron chi connectivity index (χ2n) is 4.62. The number of hydrogen-bond acceptors (Lipinski definition) is 2. The normalized spacial score (nSPS) is 13.8. The standard InChI is InChI=1S/C14H21F3N2/c1-3-8-19(4-2)10-13(18)11-6-5-7-12(9-11)14(15,16)17/h5-7,9,13H,3-4,8,10,18H2,1-2H3. The van der Waals surface area contributed by atoms with E-state index in [0.29, 0.717) is 12.1 Å². The minimum absolute atomic E-state index is 0.395. The molecule has 1 rings (SSSR count). The Kier molecular flexibility index (Phi) is 5.82. The van der Waals surface area contributed by atoms with E-state index in [0.717, 1.165) is 31.6 Å². The molecule has 2 nitrogen and oxygen atoms in total. The highest BCUT2D eigenvalue weighted by Gasteiger charge is 2.30. The van der Waals surface area contributed by atoms with Gasteiger partial charge < -0.3 is 10.6 Å². The van der Waals surface area contributed by atoms with Gasteiger partial charge in [-0.3, -0.25) is 0 Å². The van der Waals surface area contributed by atoms with Crippen molar-refractivity contribution in [1.82, 2.24) is 4.90 Å². The highest BCUT2D eigenvalue weighted by molar-refractivity contribution is 5.28. The van der Waals surface area contributed by atoms with Gasteiger partial charge in [-0.25, -0.2) is 0 Å². The first-order valence-electron chi connectivity index (χ1n) is 6.53. The number of nitrogens with two attached hydrogens (primary N) is 1. The molecular formula is C14H21F3N2. The molecule has 0 aromatic heterocycles. The van der Waals surface area contributed by atoms with Crippen molar-refractivity contribution in [2.24, 2.45) is 5.73 Å². The summed E-state index contributed by atoms with van der Waals surface area (Å²) in [4.78, 5) is 2.14. The summed E-state index contributed by atoms with van der Waals surface area (Å²) < 4.78 is 37.9. The third-order valence-corrected chi connectivity index (χ3v) is 3.08. The van der Waals surface area contributed by atoms with E-state index in [1.165, 1.54) is 6.07 Å². The Balaban J connectivity index is 2.79. The van der Waals surface area contributed by atoms with Gasteiger partial charge in [-0.15, -0.1) is 0 Å². The summed E-state index contributed by atoms with van der Waals surface area (Å²) in [6.45, 7) is 6.42. The Morgan fingerprint density at radius 2 is 1.95 bits per heavy atom. The highest BCUT2D eigenvalue weighted by atomic mass is 19.4. The van der Waals surface area contributed by atoms with Gasteiger partial charge in [-0.1, -0.05) is 26.0 Å². The van der Waals surface area contributed by atoms with E-state index >= 15 is 0 Å². The van der Waals surface area contributed by atoms with Crippen LogP contribution < -0.4 is 5.73 Å². The third kappa shape index (κ3) is 4.84. The topological polar surface area (TPSA) is 29.3 Å². The zero-order valence-electron chi connectivity index (χ0n) is 11.4. The second kappa shape index (κ2) is 6.91. The molecule has 0 heterocycles. The van der Waals surface area contributed by atoms with Crippen LogP contribution in [-0.4, -0.2) is 24.5 Å². The van der Waals surface area contributed by atoms with Gasteiger partial charge in [0.2, 0.25) is 0 Å². The lowest BCUT2D eigenvalue weighted by Crippen LogP contribution is -2.32. The van der Waals surface area contributed by atoms with E-state index in [-0.39, 0.29) is 0 Å². The van der Waals surface area contributed by atoms with Crippen LogP contribution in [0.2, 0.25) is 0 Å². The molecule has 0 radical (unpaired) electrons. The maximum atomic E-state index is 12.6. The average Bonchev–Trinajstić information content (AvgIpc) is 2.37. The lowest BCUT2D eigenvalue weighted by Gasteiger charge is -2.24. The molecule has 0 saturated heterocycles. The van der Waals surface area contributed by atoms with E-state index in [4.69, 9.17) is 5.73 Å². The van der Waals surface area contributed by atoms with Crippen LogP contribution in [-0.2, 0) is 6.18 Å².